The first-order chi connectivity index (χ1) is 10.6. The van der Waals surface area contributed by atoms with Crippen molar-refractivity contribution in [3.63, 3.8) is 0 Å². The fourth-order valence-electron chi connectivity index (χ4n) is 2.36. The third-order valence-corrected chi connectivity index (χ3v) is 3.58. The summed E-state index contributed by atoms with van der Waals surface area (Å²) in [5, 5.41) is 9.40. The van der Waals surface area contributed by atoms with Crippen LogP contribution >= 0.6 is 0 Å². The van der Waals surface area contributed by atoms with Gasteiger partial charge in [-0.3, -0.25) is 14.5 Å². The summed E-state index contributed by atoms with van der Waals surface area (Å²) < 4.78 is 4.90. The lowest BCUT2D eigenvalue weighted by Gasteiger charge is -2.34. The van der Waals surface area contributed by atoms with Gasteiger partial charge in [-0.25, -0.2) is 0 Å². The first-order valence-electron chi connectivity index (χ1n) is 7.46. The highest BCUT2D eigenvalue weighted by molar-refractivity contribution is 5.91. The number of rotatable bonds is 6. The first-order valence-corrected chi connectivity index (χ1v) is 7.46. The highest BCUT2D eigenvalue weighted by Crippen LogP contribution is 2.08. The van der Waals surface area contributed by atoms with E-state index in [1.165, 1.54) is 0 Å². The molecule has 0 bridgehead atoms. The van der Waals surface area contributed by atoms with Crippen LogP contribution in [-0.4, -0.2) is 73.1 Å². The van der Waals surface area contributed by atoms with Gasteiger partial charge in [0.25, 0.3) is 0 Å². The molecule has 0 atom stereocenters. The Morgan fingerprint density at radius 3 is 2.64 bits per heavy atom. The molecule has 2 amide bonds. The van der Waals surface area contributed by atoms with Crippen molar-refractivity contribution in [2.24, 2.45) is 0 Å². The van der Waals surface area contributed by atoms with Gasteiger partial charge in [-0.1, -0.05) is 5.16 Å². The number of aryl methyl sites for hydroxylation is 1. The molecule has 1 aromatic heterocycles. The maximum atomic E-state index is 11.9. The minimum atomic E-state index is -0.122. The van der Waals surface area contributed by atoms with E-state index in [1.54, 1.807) is 13.0 Å². The summed E-state index contributed by atoms with van der Waals surface area (Å²) in [5.41, 5.74) is 0. The summed E-state index contributed by atoms with van der Waals surface area (Å²) in [5.74, 6) is 1.13. The standard InChI is InChI=1S/C14H23N5O3/c1-11-9-12(17-22-11)16-13(20)10-18-5-7-19(8-6-18)14(21)3-4-15-2/h9,15H,3-8,10H2,1-2H3,(H,16,17,20). The predicted octanol–water partition coefficient (Wildman–Crippen LogP) is -0.325. The molecule has 1 saturated heterocycles. The molecule has 0 aromatic carbocycles. The van der Waals surface area contributed by atoms with Gasteiger partial charge in [0, 0.05) is 45.2 Å². The van der Waals surface area contributed by atoms with Crippen LogP contribution in [0.5, 0.6) is 0 Å². The van der Waals surface area contributed by atoms with Crippen molar-refractivity contribution in [2.45, 2.75) is 13.3 Å². The van der Waals surface area contributed by atoms with E-state index in [-0.39, 0.29) is 11.8 Å². The van der Waals surface area contributed by atoms with E-state index in [0.717, 1.165) is 0 Å². The Balaban J connectivity index is 1.70. The van der Waals surface area contributed by atoms with Crippen LogP contribution in [-0.2, 0) is 9.59 Å². The van der Waals surface area contributed by atoms with Crippen molar-refractivity contribution in [3.8, 4) is 0 Å². The Morgan fingerprint density at radius 2 is 2.05 bits per heavy atom. The van der Waals surface area contributed by atoms with Gasteiger partial charge < -0.3 is 20.1 Å². The molecular weight excluding hydrogens is 286 g/mol. The molecule has 8 heteroatoms. The molecule has 22 heavy (non-hydrogen) atoms. The zero-order valence-corrected chi connectivity index (χ0v) is 13.1. The van der Waals surface area contributed by atoms with Crippen molar-refractivity contribution in [2.75, 3.05) is 51.6 Å². The summed E-state index contributed by atoms with van der Waals surface area (Å²) in [7, 11) is 1.83. The van der Waals surface area contributed by atoms with Crippen molar-refractivity contribution < 1.29 is 14.1 Å². The number of nitrogens with zero attached hydrogens (tertiary/aromatic N) is 3. The van der Waals surface area contributed by atoms with Gasteiger partial charge in [-0.2, -0.15) is 0 Å². The predicted molar refractivity (Wildman–Crippen MR) is 81.4 cm³/mol. The number of hydrogen-bond acceptors (Lipinski definition) is 6. The third kappa shape index (κ3) is 4.81. The smallest absolute Gasteiger partial charge is 0.239 e. The molecule has 0 radical (unpaired) electrons. The molecule has 1 aromatic rings. The minimum Gasteiger partial charge on any atom is -0.360 e. The van der Waals surface area contributed by atoms with Gasteiger partial charge in [0.1, 0.15) is 5.76 Å². The SMILES string of the molecule is CNCCC(=O)N1CCN(CC(=O)Nc2cc(C)on2)CC1. The van der Waals surface area contributed by atoms with Crippen LogP contribution in [0.15, 0.2) is 10.6 Å². The Labute approximate surface area is 129 Å². The normalized spacial score (nSPS) is 15.8. The summed E-state index contributed by atoms with van der Waals surface area (Å²) in [6.07, 6.45) is 0.516. The molecule has 1 aliphatic rings. The molecule has 0 aliphatic carbocycles. The van der Waals surface area contributed by atoms with Gasteiger partial charge >= 0.3 is 0 Å². The second-order valence-corrected chi connectivity index (χ2v) is 5.38. The lowest BCUT2D eigenvalue weighted by atomic mass is 10.2. The third-order valence-electron chi connectivity index (χ3n) is 3.58. The highest BCUT2D eigenvalue weighted by Gasteiger charge is 2.22. The fraction of sp³-hybridized carbons (Fsp3) is 0.643. The molecule has 122 valence electrons. The Morgan fingerprint density at radius 1 is 1.32 bits per heavy atom. The second kappa shape index (κ2) is 7.90. The summed E-state index contributed by atoms with van der Waals surface area (Å²) in [6, 6.07) is 1.68. The van der Waals surface area contributed by atoms with Crippen LogP contribution in [0.2, 0.25) is 0 Å². The van der Waals surface area contributed by atoms with Crippen LogP contribution in [0.3, 0.4) is 0 Å². The lowest BCUT2D eigenvalue weighted by molar-refractivity contribution is -0.133. The molecule has 8 nitrogen and oxygen atoms in total. The number of nitrogens with one attached hydrogen (secondary N) is 2. The summed E-state index contributed by atoms with van der Waals surface area (Å²) in [6.45, 7) is 5.50. The number of aromatic nitrogens is 1. The van der Waals surface area contributed by atoms with Crippen LogP contribution in [0.4, 0.5) is 5.82 Å². The van der Waals surface area contributed by atoms with Gasteiger partial charge in [0.2, 0.25) is 11.8 Å². The molecule has 2 rings (SSSR count). The van der Waals surface area contributed by atoms with Crippen LogP contribution in [0.25, 0.3) is 0 Å². The van der Waals surface area contributed by atoms with Gasteiger partial charge in [-0.15, -0.1) is 0 Å². The van der Waals surface area contributed by atoms with E-state index in [4.69, 9.17) is 4.52 Å². The van der Waals surface area contributed by atoms with E-state index >= 15 is 0 Å². The van der Waals surface area contributed by atoms with Crippen LogP contribution < -0.4 is 10.6 Å². The topological polar surface area (TPSA) is 90.7 Å². The van der Waals surface area contributed by atoms with E-state index in [1.807, 2.05) is 16.8 Å². The van der Waals surface area contributed by atoms with Crippen molar-refractivity contribution in [3.05, 3.63) is 11.8 Å². The molecule has 2 heterocycles. The van der Waals surface area contributed by atoms with Crippen molar-refractivity contribution >= 4 is 17.6 Å². The van der Waals surface area contributed by atoms with Crippen LogP contribution in [0.1, 0.15) is 12.2 Å². The average Bonchev–Trinajstić information content (AvgIpc) is 2.90. The lowest BCUT2D eigenvalue weighted by Crippen LogP contribution is -2.50. The van der Waals surface area contributed by atoms with E-state index < -0.39 is 0 Å². The summed E-state index contributed by atoms with van der Waals surface area (Å²) >= 11 is 0. The number of hydrogen-bond donors (Lipinski definition) is 2. The van der Waals surface area contributed by atoms with Gasteiger partial charge in [0.05, 0.1) is 6.54 Å². The molecule has 0 spiro atoms. The molecule has 0 saturated carbocycles. The number of amides is 2. The number of carbonyl (C=O) groups excluding carboxylic acids is 2. The van der Waals surface area contributed by atoms with E-state index in [2.05, 4.69) is 15.8 Å². The number of anilines is 1. The molecular formula is C14H23N5O3. The van der Waals surface area contributed by atoms with Crippen molar-refractivity contribution in [1.29, 1.82) is 0 Å². The minimum absolute atomic E-state index is 0.122. The average molecular weight is 309 g/mol. The van der Waals surface area contributed by atoms with Crippen LogP contribution in [0, 0.1) is 6.92 Å². The van der Waals surface area contributed by atoms with Gasteiger partial charge in [0.15, 0.2) is 5.82 Å². The maximum Gasteiger partial charge on any atom is 0.239 e. The van der Waals surface area contributed by atoms with E-state index in [0.29, 0.717) is 57.3 Å². The monoisotopic (exact) mass is 309 g/mol. The zero-order valence-electron chi connectivity index (χ0n) is 13.1. The van der Waals surface area contributed by atoms with Crippen molar-refractivity contribution in [1.82, 2.24) is 20.3 Å². The largest absolute Gasteiger partial charge is 0.360 e. The first kappa shape index (κ1) is 16.4. The maximum absolute atomic E-state index is 11.9. The second-order valence-electron chi connectivity index (χ2n) is 5.38. The Bertz CT molecular complexity index is 508. The van der Waals surface area contributed by atoms with E-state index in [9.17, 15) is 9.59 Å². The number of piperazine rings is 1. The molecule has 1 fully saturated rings. The number of carbonyl (C=O) groups is 2. The Kier molecular flexibility index (Phi) is 5.91. The molecule has 0 unspecified atom stereocenters. The fourth-order valence-corrected chi connectivity index (χ4v) is 2.36. The Hall–Kier alpha value is -1.93. The molecule has 2 N–H and O–H groups in total. The highest BCUT2D eigenvalue weighted by atomic mass is 16.5. The molecule has 1 aliphatic heterocycles. The van der Waals surface area contributed by atoms with Gasteiger partial charge in [-0.05, 0) is 14.0 Å². The summed E-state index contributed by atoms with van der Waals surface area (Å²) in [4.78, 5) is 27.7. The zero-order chi connectivity index (χ0) is 15.9. The quantitative estimate of drug-likeness (QED) is 0.748.